The number of amides is 6. The SMILES string of the molecule is CC(C)(C)OC(=O)NCCCCC(NC(=O)C1CC(C(=O)N[C@@H](CCCCNC(=O)OC(C)(C)C)C(=O)O)CC(C(=O)N[C@@H](CCCCNC(=O)OC(C)(C)C)C(=O)O)C1)C(=O)O. The fourth-order valence-electron chi connectivity index (χ4n) is 6.54. The minimum Gasteiger partial charge on any atom is -0.480 e. The Bertz CT molecular complexity index is 1380. The summed E-state index contributed by atoms with van der Waals surface area (Å²) in [5, 5.41) is 45.0. The van der Waals surface area contributed by atoms with E-state index in [4.69, 9.17) is 14.2 Å². The number of alkyl carbamates (subject to hydrolysis) is 3. The van der Waals surface area contributed by atoms with E-state index in [2.05, 4.69) is 31.9 Å². The molecule has 0 saturated heterocycles. The second-order valence-electron chi connectivity index (χ2n) is 18.8. The predicted molar refractivity (Wildman–Crippen MR) is 227 cm³/mol. The van der Waals surface area contributed by atoms with Gasteiger partial charge in [0.05, 0.1) is 0 Å². The summed E-state index contributed by atoms with van der Waals surface area (Å²) in [6.45, 7) is 15.9. The number of nitrogens with one attached hydrogen (secondary N) is 6. The van der Waals surface area contributed by atoms with Gasteiger partial charge in [0.1, 0.15) is 34.9 Å². The van der Waals surface area contributed by atoms with Crippen LogP contribution in [-0.2, 0) is 43.0 Å². The molecule has 6 amide bonds. The lowest BCUT2D eigenvalue weighted by molar-refractivity contribution is -0.146. The van der Waals surface area contributed by atoms with E-state index in [1.807, 2.05) is 0 Å². The van der Waals surface area contributed by atoms with Crippen LogP contribution in [0.1, 0.15) is 139 Å². The number of carbonyl (C=O) groups excluding carboxylic acids is 6. The van der Waals surface area contributed by atoms with Crippen LogP contribution in [0.25, 0.3) is 0 Å². The molecule has 0 aromatic carbocycles. The molecular formula is C42H72N6O15. The molecule has 0 spiro atoms. The normalized spacial score (nSPS) is 18.0. The molecule has 21 nitrogen and oxygen atoms in total. The van der Waals surface area contributed by atoms with Crippen LogP contribution in [-0.4, -0.2) is 124 Å². The number of carboxylic acid groups (broad SMARTS) is 3. The molecule has 0 radical (unpaired) electrons. The van der Waals surface area contributed by atoms with Crippen molar-refractivity contribution in [2.45, 2.75) is 174 Å². The van der Waals surface area contributed by atoms with Crippen molar-refractivity contribution in [3.63, 3.8) is 0 Å². The number of unbranched alkanes of at least 4 members (excludes halogenated alkanes) is 3. The Hall–Kier alpha value is -5.37. The van der Waals surface area contributed by atoms with Crippen molar-refractivity contribution in [1.82, 2.24) is 31.9 Å². The van der Waals surface area contributed by atoms with Gasteiger partial charge in [-0.3, -0.25) is 14.4 Å². The van der Waals surface area contributed by atoms with Crippen LogP contribution in [0.5, 0.6) is 0 Å². The van der Waals surface area contributed by atoms with E-state index in [9.17, 15) is 58.5 Å². The van der Waals surface area contributed by atoms with Crippen molar-refractivity contribution in [3.8, 4) is 0 Å². The minimum atomic E-state index is -1.36. The molecule has 360 valence electrons. The van der Waals surface area contributed by atoms with Crippen molar-refractivity contribution in [3.05, 3.63) is 0 Å². The first-order chi connectivity index (χ1) is 29.1. The lowest BCUT2D eigenvalue weighted by atomic mass is 9.73. The van der Waals surface area contributed by atoms with Crippen LogP contribution in [0.15, 0.2) is 0 Å². The molecule has 3 unspecified atom stereocenters. The fourth-order valence-corrected chi connectivity index (χ4v) is 6.54. The van der Waals surface area contributed by atoms with Gasteiger partial charge >= 0.3 is 36.2 Å². The summed E-state index contributed by atoms with van der Waals surface area (Å²) in [7, 11) is 0. The Labute approximate surface area is 369 Å². The topological polar surface area (TPSA) is 314 Å². The van der Waals surface area contributed by atoms with E-state index in [-0.39, 0.29) is 77.4 Å². The third kappa shape index (κ3) is 25.4. The average molecular weight is 901 g/mol. The highest BCUT2D eigenvalue weighted by Crippen LogP contribution is 2.35. The van der Waals surface area contributed by atoms with E-state index in [1.54, 1.807) is 62.3 Å². The Morgan fingerprint density at radius 1 is 0.429 bits per heavy atom. The maximum atomic E-state index is 13.7. The molecule has 1 aliphatic carbocycles. The lowest BCUT2D eigenvalue weighted by Gasteiger charge is -2.34. The monoisotopic (exact) mass is 901 g/mol. The highest BCUT2D eigenvalue weighted by atomic mass is 16.6. The second-order valence-corrected chi connectivity index (χ2v) is 18.8. The summed E-state index contributed by atoms with van der Waals surface area (Å²) in [6.07, 6.45) is -0.477. The Morgan fingerprint density at radius 3 is 0.841 bits per heavy atom. The molecule has 0 bridgehead atoms. The van der Waals surface area contributed by atoms with Crippen molar-refractivity contribution in [1.29, 1.82) is 0 Å². The quantitative estimate of drug-likeness (QED) is 0.0491. The minimum absolute atomic E-state index is 0.0151. The third-order valence-corrected chi connectivity index (χ3v) is 9.43. The van der Waals surface area contributed by atoms with Crippen LogP contribution in [0.4, 0.5) is 14.4 Å². The number of aliphatic carboxylic acids is 3. The largest absolute Gasteiger partial charge is 0.480 e. The first kappa shape index (κ1) is 55.6. The van der Waals surface area contributed by atoms with E-state index >= 15 is 0 Å². The molecule has 9 N–H and O–H groups in total. The second kappa shape index (κ2) is 26.3. The van der Waals surface area contributed by atoms with Gasteiger partial charge < -0.3 is 61.4 Å². The Kier molecular flexibility index (Phi) is 23.2. The molecule has 5 atom stereocenters. The molecule has 21 heteroatoms. The molecule has 1 saturated carbocycles. The van der Waals surface area contributed by atoms with Crippen LogP contribution >= 0.6 is 0 Å². The standard InChI is InChI=1S/C42H72N6O15/c1-40(2,3)61-37(58)43-19-13-10-16-28(34(52)53)46-31(49)25-22-26(32(50)47-29(35(54)55)17-11-14-20-44-38(59)62-41(4,5)6)24-27(23-25)33(51)48-30(36(56)57)18-12-15-21-45-39(60)63-42(7,8)9/h25-30H,10-24H2,1-9H3,(H,43,58)(H,44,59)(H,45,60)(H,46,49)(H,47,50)(H,48,51)(H,52,53)(H,54,55)(H,56,57)/t25?,26?,27?,28-,29-,30?/m0/s1. The molecule has 0 aromatic rings. The maximum absolute atomic E-state index is 13.7. The smallest absolute Gasteiger partial charge is 0.407 e. The summed E-state index contributed by atoms with van der Waals surface area (Å²) in [5.74, 6) is -9.56. The zero-order valence-electron chi connectivity index (χ0n) is 38.3. The van der Waals surface area contributed by atoms with Gasteiger partial charge in [0.25, 0.3) is 0 Å². The first-order valence-corrected chi connectivity index (χ1v) is 21.6. The average Bonchev–Trinajstić information content (AvgIpc) is 3.13. The molecule has 1 rings (SSSR count). The van der Waals surface area contributed by atoms with E-state index in [0.717, 1.165) is 0 Å². The maximum Gasteiger partial charge on any atom is 0.407 e. The van der Waals surface area contributed by atoms with Crippen LogP contribution in [0.3, 0.4) is 0 Å². The number of hydrogen-bond acceptors (Lipinski definition) is 12. The predicted octanol–water partition coefficient (Wildman–Crippen LogP) is 3.81. The van der Waals surface area contributed by atoms with Crippen molar-refractivity contribution < 1.29 is 72.7 Å². The van der Waals surface area contributed by atoms with E-state index < -0.39 is 107 Å². The number of carbonyl (C=O) groups is 9. The summed E-state index contributed by atoms with van der Waals surface area (Å²) in [6, 6.07) is -4.08. The number of ether oxygens (including phenoxy) is 3. The molecule has 0 heterocycles. The molecular weight excluding hydrogens is 828 g/mol. The Morgan fingerprint density at radius 2 is 0.651 bits per heavy atom. The van der Waals surface area contributed by atoms with E-state index in [1.165, 1.54) is 0 Å². The molecule has 1 aliphatic rings. The molecule has 1 fully saturated rings. The van der Waals surface area contributed by atoms with Crippen molar-refractivity contribution in [2.75, 3.05) is 19.6 Å². The van der Waals surface area contributed by atoms with Crippen LogP contribution < -0.4 is 31.9 Å². The highest BCUT2D eigenvalue weighted by Gasteiger charge is 2.41. The number of rotatable bonds is 24. The molecule has 0 aromatic heterocycles. The zero-order valence-corrected chi connectivity index (χ0v) is 38.3. The summed E-state index contributed by atoms with van der Waals surface area (Å²) < 4.78 is 15.5. The van der Waals surface area contributed by atoms with Crippen molar-refractivity contribution in [2.24, 2.45) is 17.8 Å². The van der Waals surface area contributed by atoms with Gasteiger partial charge in [-0.1, -0.05) is 0 Å². The van der Waals surface area contributed by atoms with Gasteiger partial charge in [0.2, 0.25) is 17.7 Å². The lowest BCUT2D eigenvalue weighted by Crippen LogP contribution is -2.51. The molecule has 0 aliphatic heterocycles. The van der Waals surface area contributed by atoms with Gasteiger partial charge in [-0.2, -0.15) is 0 Å². The number of hydrogen-bond donors (Lipinski definition) is 9. The third-order valence-electron chi connectivity index (χ3n) is 9.43. The van der Waals surface area contributed by atoms with Gasteiger partial charge in [0, 0.05) is 37.4 Å². The summed E-state index contributed by atoms with van der Waals surface area (Å²) in [4.78, 5) is 113. The van der Waals surface area contributed by atoms with Crippen LogP contribution in [0, 0.1) is 17.8 Å². The summed E-state index contributed by atoms with van der Waals surface area (Å²) in [5.41, 5.74) is -2.11. The van der Waals surface area contributed by atoms with E-state index in [0.29, 0.717) is 19.3 Å². The number of carboxylic acids is 3. The molecule has 63 heavy (non-hydrogen) atoms. The van der Waals surface area contributed by atoms with Crippen LogP contribution in [0.2, 0.25) is 0 Å². The summed E-state index contributed by atoms with van der Waals surface area (Å²) >= 11 is 0. The van der Waals surface area contributed by atoms with Gasteiger partial charge in [-0.15, -0.1) is 0 Å². The van der Waals surface area contributed by atoms with Gasteiger partial charge in [-0.25, -0.2) is 28.8 Å². The van der Waals surface area contributed by atoms with Gasteiger partial charge in [-0.05, 0) is 139 Å². The van der Waals surface area contributed by atoms with Gasteiger partial charge in [0.15, 0.2) is 0 Å². The Balaban J connectivity index is 3.09. The highest BCUT2D eigenvalue weighted by molar-refractivity contribution is 5.90. The fraction of sp³-hybridized carbons (Fsp3) is 0.786. The first-order valence-electron chi connectivity index (χ1n) is 21.6. The zero-order chi connectivity index (χ0) is 48.1. The van der Waals surface area contributed by atoms with Crippen molar-refractivity contribution >= 4 is 53.9 Å².